The standard InChI is InChI=1S/C44H38N2O4S2/c1-27-13-17-31(18-14-27)51(47,48)45-23-39-29(3)21-37-34-10-6-8-12-36(34)44-38(33-9-5-7-11-35(33)43(37)41(39)25-45)22-30(4)40-24-46(26-42(40)44)52(49,50)32-19-15-28(2)16-20-32/h5-22H,23-26H2,1-4H3/b37-34-,38-33-,43-35+,44-36+. The molecule has 0 unspecified atom stereocenters. The van der Waals surface area contributed by atoms with E-state index in [1.165, 1.54) is 0 Å². The van der Waals surface area contributed by atoms with E-state index in [1.807, 2.05) is 50.2 Å². The lowest BCUT2D eigenvalue weighted by Crippen LogP contribution is -2.25. The maximum Gasteiger partial charge on any atom is 0.243 e. The van der Waals surface area contributed by atoms with Crippen LogP contribution < -0.4 is 0 Å². The third kappa shape index (κ3) is 4.96. The van der Waals surface area contributed by atoms with Gasteiger partial charge in [0, 0.05) is 26.2 Å². The number of fused-ring (bicyclic) bond motifs is 8. The third-order valence-corrected chi connectivity index (χ3v) is 14.8. The van der Waals surface area contributed by atoms with Crippen LogP contribution >= 0.6 is 0 Å². The van der Waals surface area contributed by atoms with E-state index in [1.54, 1.807) is 32.9 Å². The maximum absolute atomic E-state index is 14.1. The lowest BCUT2D eigenvalue weighted by Gasteiger charge is -2.16. The Labute approximate surface area is 303 Å². The Morgan fingerprint density at radius 3 is 1.10 bits per heavy atom. The smallest absolute Gasteiger partial charge is 0.207 e. The summed E-state index contributed by atoms with van der Waals surface area (Å²) in [5.74, 6) is 0. The zero-order valence-electron chi connectivity index (χ0n) is 29.6. The summed E-state index contributed by atoms with van der Waals surface area (Å²) in [4.78, 5) is 0.600. The zero-order chi connectivity index (χ0) is 36.1. The van der Waals surface area contributed by atoms with E-state index in [0.29, 0.717) is 22.9 Å². The fourth-order valence-corrected chi connectivity index (χ4v) is 11.2. The van der Waals surface area contributed by atoms with Crippen molar-refractivity contribution >= 4 is 20.0 Å². The number of sulfonamides is 2. The van der Waals surface area contributed by atoms with E-state index in [-0.39, 0.29) is 13.1 Å². The number of rotatable bonds is 4. The Bertz CT molecular complexity index is 2930. The van der Waals surface area contributed by atoms with Crippen molar-refractivity contribution in [1.29, 1.82) is 0 Å². The minimum Gasteiger partial charge on any atom is -0.207 e. The van der Waals surface area contributed by atoms with Crippen LogP contribution in [0, 0.1) is 69.4 Å². The van der Waals surface area contributed by atoms with Gasteiger partial charge in [0.25, 0.3) is 0 Å². The summed E-state index contributed by atoms with van der Waals surface area (Å²) in [6.45, 7) is 9.23. The normalized spacial score (nSPS) is 17.9. The average Bonchev–Trinajstić information content (AvgIpc) is 3.80. The van der Waals surface area contributed by atoms with Crippen molar-refractivity contribution in [2.45, 2.75) is 63.7 Å². The second-order valence-electron chi connectivity index (χ2n) is 14.4. The van der Waals surface area contributed by atoms with Crippen LogP contribution in [0.3, 0.4) is 0 Å². The third-order valence-electron chi connectivity index (χ3n) is 11.2. The van der Waals surface area contributed by atoms with Crippen LogP contribution in [-0.4, -0.2) is 25.4 Å². The molecular weight excluding hydrogens is 685 g/mol. The van der Waals surface area contributed by atoms with E-state index in [4.69, 9.17) is 0 Å². The number of benzene rings is 6. The number of hydrogen-bond acceptors (Lipinski definition) is 4. The van der Waals surface area contributed by atoms with Crippen molar-refractivity contribution < 1.29 is 16.8 Å². The van der Waals surface area contributed by atoms with Gasteiger partial charge < -0.3 is 0 Å². The van der Waals surface area contributed by atoms with E-state index in [9.17, 15) is 16.8 Å². The molecule has 1 aliphatic carbocycles. The molecule has 0 spiro atoms. The molecule has 0 amide bonds. The number of aryl methyl sites for hydroxylation is 4. The SMILES string of the molecule is Cc1ccc(S(=O)(=O)N2Cc3c(C)cc4/c(c3C2)=c2/cccc/c2=c2\cc(C)c3c(\c2=c2/cccc/c2=4)CN(S(=O)(=O)c2ccc(C)cc2)C3)cc1. The molecule has 0 bridgehead atoms. The monoisotopic (exact) mass is 722 g/mol. The molecule has 0 N–H and O–H groups in total. The van der Waals surface area contributed by atoms with Gasteiger partial charge in [-0.05, 0) is 127 Å². The van der Waals surface area contributed by atoms with Gasteiger partial charge in [-0.15, -0.1) is 0 Å². The molecule has 260 valence electrons. The average molecular weight is 723 g/mol. The van der Waals surface area contributed by atoms with Gasteiger partial charge in [-0.3, -0.25) is 0 Å². The Hall–Kier alpha value is -4.86. The summed E-state index contributed by atoms with van der Waals surface area (Å²) < 4.78 is 59.4. The molecule has 0 saturated heterocycles. The van der Waals surface area contributed by atoms with E-state index in [0.717, 1.165) is 86.3 Å². The Kier molecular flexibility index (Phi) is 7.51. The molecule has 3 aliphatic rings. The van der Waals surface area contributed by atoms with Crippen molar-refractivity contribution in [3.05, 3.63) is 195 Å². The predicted molar refractivity (Wildman–Crippen MR) is 201 cm³/mol. The molecule has 0 fully saturated rings. The first-order valence-corrected chi connectivity index (χ1v) is 20.5. The second-order valence-corrected chi connectivity index (χ2v) is 18.3. The molecule has 6 aromatic carbocycles. The molecule has 2 aliphatic heterocycles. The summed E-state index contributed by atoms with van der Waals surface area (Å²) in [5, 5.41) is 8.39. The topological polar surface area (TPSA) is 74.8 Å². The van der Waals surface area contributed by atoms with E-state index < -0.39 is 20.0 Å². The van der Waals surface area contributed by atoms with Crippen LogP contribution in [0.5, 0.6) is 0 Å². The van der Waals surface area contributed by atoms with Gasteiger partial charge in [0.2, 0.25) is 20.0 Å². The van der Waals surface area contributed by atoms with Gasteiger partial charge in [-0.25, -0.2) is 16.8 Å². The minimum absolute atomic E-state index is 0.272. The molecule has 0 aromatic heterocycles. The van der Waals surface area contributed by atoms with Gasteiger partial charge >= 0.3 is 0 Å². The van der Waals surface area contributed by atoms with Crippen molar-refractivity contribution in [3.8, 4) is 0 Å². The van der Waals surface area contributed by atoms with Gasteiger partial charge in [-0.2, -0.15) is 8.61 Å². The first kappa shape index (κ1) is 33.0. The zero-order valence-corrected chi connectivity index (χ0v) is 31.2. The van der Waals surface area contributed by atoms with Crippen molar-refractivity contribution in [3.63, 3.8) is 0 Å². The highest BCUT2D eigenvalue weighted by atomic mass is 32.2. The highest BCUT2D eigenvalue weighted by Gasteiger charge is 2.34. The minimum atomic E-state index is -3.74. The lowest BCUT2D eigenvalue weighted by molar-refractivity contribution is 0.430. The Morgan fingerprint density at radius 1 is 0.404 bits per heavy atom. The van der Waals surface area contributed by atoms with Crippen molar-refractivity contribution in [2.24, 2.45) is 0 Å². The molecule has 6 aromatic rings. The molecule has 2 heterocycles. The molecule has 9 rings (SSSR count). The summed E-state index contributed by atoms with van der Waals surface area (Å²) in [6, 6.07) is 35.4. The van der Waals surface area contributed by atoms with Gasteiger partial charge in [-0.1, -0.05) is 96.1 Å². The molecule has 6 nitrogen and oxygen atoms in total. The summed E-state index contributed by atoms with van der Waals surface area (Å²) >= 11 is 0. The van der Waals surface area contributed by atoms with Crippen molar-refractivity contribution in [2.75, 3.05) is 0 Å². The fourth-order valence-electron chi connectivity index (χ4n) is 8.43. The second kappa shape index (κ2) is 11.8. The number of nitrogens with zero attached hydrogens (tertiary/aromatic N) is 2. The van der Waals surface area contributed by atoms with E-state index >= 15 is 0 Å². The van der Waals surface area contributed by atoms with E-state index in [2.05, 4.69) is 62.4 Å². The van der Waals surface area contributed by atoms with Gasteiger partial charge in [0.15, 0.2) is 0 Å². The largest absolute Gasteiger partial charge is 0.243 e. The van der Waals surface area contributed by atoms with Crippen LogP contribution in [0.2, 0.25) is 0 Å². The summed E-state index contributed by atoms with van der Waals surface area (Å²) in [5.41, 5.74) is 8.28. The number of hydrogen-bond donors (Lipinski definition) is 0. The quantitative estimate of drug-likeness (QED) is 0.186. The highest BCUT2D eigenvalue weighted by Crippen LogP contribution is 2.35. The lowest BCUT2D eigenvalue weighted by atomic mass is 9.92. The van der Waals surface area contributed by atoms with Crippen LogP contribution in [0.15, 0.2) is 119 Å². The van der Waals surface area contributed by atoms with Crippen LogP contribution in [-0.2, 0) is 46.2 Å². The summed E-state index contributed by atoms with van der Waals surface area (Å²) in [6.07, 6.45) is 0. The van der Waals surface area contributed by atoms with Gasteiger partial charge in [0.05, 0.1) is 9.79 Å². The highest BCUT2D eigenvalue weighted by molar-refractivity contribution is 7.89. The van der Waals surface area contributed by atoms with Crippen LogP contribution in [0.4, 0.5) is 0 Å². The van der Waals surface area contributed by atoms with Crippen LogP contribution in [0.1, 0.15) is 44.5 Å². The maximum atomic E-state index is 14.1. The fraction of sp³-hybridized carbons (Fsp3) is 0.182. The Balaban J connectivity index is 1.38. The Morgan fingerprint density at radius 2 is 0.731 bits per heavy atom. The summed E-state index contributed by atoms with van der Waals surface area (Å²) in [7, 11) is -7.48. The first-order chi connectivity index (χ1) is 24.9. The van der Waals surface area contributed by atoms with Crippen molar-refractivity contribution in [1.82, 2.24) is 8.61 Å². The molecule has 52 heavy (non-hydrogen) atoms. The molecule has 0 atom stereocenters. The molecule has 0 radical (unpaired) electrons. The molecule has 0 saturated carbocycles. The predicted octanol–water partition coefficient (Wildman–Crippen LogP) is 7.79. The first-order valence-electron chi connectivity index (χ1n) is 17.6. The van der Waals surface area contributed by atoms with Crippen LogP contribution in [0.25, 0.3) is 0 Å². The molecule has 8 heteroatoms. The molecular formula is C44H38N2O4S2. The van der Waals surface area contributed by atoms with Gasteiger partial charge in [0.1, 0.15) is 0 Å².